The highest BCUT2D eigenvalue weighted by Gasteiger charge is 2.15. The van der Waals surface area contributed by atoms with Crippen LogP contribution in [0.25, 0.3) is 0 Å². The Hall–Kier alpha value is -1.42. The van der Waals surface area contributed by atoms with Crippen LogP contribution in [-0.4, -0.2) is 23.7 Å². The van der Waals surface area contributed by atoms with Gasteiger partial charge in [-0.2, -0.15) is 0 Å². The summed E-state index contributed by atoms with van der Waals surface area (Å²) >= 11 is 0. The van der Waals surface area contributed by atoms with E-state index in [2.05, 4.69) is 5.32 Å². The van der Waals surface area contributed by atoms with E-state index in [-0.39, 0.29) is 24.1 Å². The van der Waals surface area contributed by atoms with Crippen LogP contribution in [-0.2, 0) is 0 Å². The fraction of sp³-hybridized carbons (Fsp3) is 0.500. The molecule has 0 heterocycles. The van der Waals surface area contributed by atoms with Gasteiger partial charge < -0.3 is 10.4 Å². The van der Waals surface area contributed by atoms with Crippen LogP contribution in [0.5, 0.6) is 0 Å². The van der Waals surface area contributed by atoms with Crippen molar-refractivity contribution in [2.75, 3.05) is 6.61 Å². The lowest BCUT2D eigenvalue weighted by Crippen LogP contribution is -2.38. The van der Waals surface area contributed by atoms with Crippen LogP contribution in [0.2, 0.25) is 0 Å². The van der Waals surface area contributed by atoms with Gasteiger partial charge in [-0.1, -0.05) is 19.9 Å². The second-order valence-electron chi connectivity index (χ2n) is 4.95. The van der Waals surface area contributed by atoms with E-state index in [1.165, 1.54) is 6.07 Å². The van der Waals surface area contributed by atoms with Crippen molar-refractivity contribution in [2.45, 2.75) is 33.2 Å². The zero-order chi connectivity index (χ0) is 13.7. The van der Waals surface area contributed by atoms with E-state index in [1.807, 2.05) is 13.8 Å². The molecule has 18 heavy (non-hydrogen) atoms. The molecule has 100 valence electrons. The number of halogens is 1. The Morgan fingerprint density at radius 2 is 2.11 bits per heavy atom. The molecule has 1 unspecified atom stereocenters. The molecule has 0 saturated heterocycles. The highest BCUT2D eigenvalue weighted by atomic mass is 19.1. The topological polar surface area (TPSA) is 49.3 Å². The number of amides is 1. The lowest BCUT2D eigenvalue weighted by Gasteiger charge is -2.18. The summed E-state index contributed by atoms with van der Waals surface area (Å²) in [7, 11) is 0. The minimum Gasteiger partial charge on any atom is -0.394 e. The third-order valence-electron chi connectivity index (χ3n) is 2.75. The summed E-state index contributed by atoms with van der Waals surface area (Å²) in [6.45, 7) is 5.56. The van der Waals surface area contributed by atoms with Crippen molar-refractivity contribution in [3.05, 3.63) is 35.1 Å². The van der Waals surface area contributed by atoms with E-state index in [0.29, 0.717) is 17.9 Å². The van der Waals surface area contributed by atoms with Crippen molar-refractivity contribution < 1.29 is 14.3 Å². The predicted molar refractivity (Wildman–Crippen MR) is 68.9 cm³/mol. The Bertz CT molecular complexity index is 418. The number of benzene rings is 1. The Morgan fingerprint density at radius 1 is 1.44 bits per heavy atom. The molecule has 4 heteroatoms. The number of rotatable bonds is 5. The number of carbonyl (C=O) groups excluding carboxylic acids is 1. The van der Waals surface area contributed by atoms with Crippen molar-refractivity contribution in [2.24, 2.45) is 5.92 Å². The zero-order valence-corrected chi connectivity index (χ0v) is 11.0. The van der Waals surface area contributed by atoms with Gasteiger partial charge >= 0.3 is 0 Å². The third-order valence-corrected chi connectivity index (χ3v) is 2.75. The average Bonchev–Trinajstić information content (AvgIpc) is 2.31. The second-order valence-corrected chi connectivity index (χ2v) is 4.95. The van der Waals surface area contributed by atoms with Gasteiger partial charge in [0.2, 0.25) is 0 Å². The van der Waals surface area contributed by atoms with Crippen molar-refractivity contribution in [1.29, 1.82) is 0 Å². The van der Waals surface area contributed by atoms with Gasteiger partial charge in [-0.05, 0) is 37.0 Å². The van der Waals surface area contributed by atoms with Gasteiger partial charge in [0.15, 0.2) is 0 Å². The first-order valence-corrected chi connectivity index (χ1v) is 6.12. The molecule has 0 bridgehead atoms. The summed E-state index contributed by atoms with van der Waals surface area (Å²) in [6.07, 6.45) is 0.691. The maximum absolute atomic E-state index is 13.3. The SMILES string of the molecule is Cc1ccc(C(=O)NC(CO)CC(C)C)cc1F. The number of aliphatic hydroxyl groups excluding tert-OH is 1. The lowest BCUT2D eigenvalue weighted by molar-refractivity contribution is 0.0908. The maximum Gasteiger partial charge on any atom is 0.251 e. The minimum absolute atomic E-state index is 0.113. The Morgan fingerprint density at radius 3 is 2.61 bits per heavy atom. The number of hydrogen-bond acceptors (Lipinski definition) is 2. The fourth-order valence-corrected chi connectivity index (χ4v) is 1.75. The van der Waals surface area contributed by atoms with E-state index in [0.717, 1.165) is 0 Å². The number of carbonyl (C=O) groups is 1. The van der Waals surface area contributed by atoms with Crippen LogP contribution < -0.4 is 5.32 Å². The van der Waals surface area contributed by atoms with Crippen LogP contribution in [0.15, 0.2) is 18.2 Å². The van der Waals surface area contributed by atoms with Crippen LogP contribution in [0.1, 0.15) is 36.2 Å². The molecule has 0 aliphatic rings. The molecule has 1 rings (SSSR count). The molecule has 3 nitrogen and oxygen atoms in total. The van der Waals surface area contributed by atoms with Gasteiger partial charge in [-0.25, -0.2) is 4.39 Å². The summed E-state index contributed by atoms with van der Waals surface area (Å²) in [5.41, 5.74) is 0.785. The molecular weight excluding hydrogens is 233 g/mol. The fourth-order valence-electron chi connectivity index (χ4n) is 1.75. The zero-order valence-electron chi connectivity index (χ0n) is 11.0. The smallest absolute Gasteiger partial charge is 0.251 e. The van der Waals surface area contributed by atoms with Gasteiger partial charge in [0.05, 0.1) is 12.6 Å². The van der Waals surface area contributed by atoms with Crippen LogP contribution in [0, 0.1) is 18.7 Å². The van der Waals surface area contributed by atoms with E-state index in [9.17, 15) is 14.3 Å². The molecule has 2 N–H and O–H groups in total. The molecule has 0 fully saturated rings. The molecule has 0 radical (unpaired) electrons. The van der Waals surface area contributed by atoms with Gasteiger partial charge in [0.1, 0.15) is 5.82 Å². The van der Waals surface area contributed by atoms with E-state index in [4.69, 9.17) is 0 Å². The summed E-state index contributed by atoms with van der Waals surface area (Å²) in [5.74, 6) is -0.377. The van der Waals surface area contributed by atoms with Crippen molar-refractivity contribution >= 4 is 5.91 Å². The molecule has 1 amide bonds. The number of hydrogen-bond donors (Lipinski definition) is 2. The van der Waals surface area contributed by atoms with Gasteiger partial charge in [0.25, 0.3) is 5.91 Å². The molecule has 0 aliphatic carbocycles. The molecule has 0 spiro atoms. The highest BCUT2D eigenvalue weighted by Crippen LogP contribution is 2.10. The summed E-state index contributed by atoms with van der Waals surface area (Å²) in [6, 6.07) is 4.08. The van der Waals surface area contributed by atoms with Crippen molar-refractivity contribution in [1.82, 2.24) is 5.32 Å². The Labute approximate surface area is 107 Å². The van der Waals surface area contributed by atoms with Gasteiger partial charge in [-0.3, -0.25) is 4.79 Å². The third kappa shape index (κ3) is 4.11. The quantitative estimate of drug-likeness (QED) is 0.845. The monoisotopic (exact) mass is 253 g/mol. The molecule has 0 aromatic heterocycles. The predicted octanol–water partition coefficient (Wildman–Crippen LogP) is 2.27. The first-order valence-electron chi connectivity index (χ1n) is 6.12. The molecular formula is C14H20FNO2. The number of aryl methyl sites for hydroxylation is 1. The summed E-state index contributed by atoms with van der Waals surface area (Å²) < 4.78 is 13.3. The molecule has 1 aromatic carbocycles. The standard InChI is InChI=1S/C14H20FNO2/c1-9(2)6-12(8-17)16-14(18)11-5-4-10(3)13(15)7-11/h4-5,7,9,12,17H,6,8H2,1-3H3,(H,16,18). The highest BCUT2D eigenvalue weighted by molar-refractivity contribution is 5.94. The first kappa shape index (κ1) is 14.6. The van der Waals surface area contributed by atoms with E-state index < -0.39 is 5.82 Å². The van der Waals surface area contributed by atoms with Crippen LogP contribution in [0.3, 0.4) is 0 Å². The van der Waals surface area contributed by atoms with E-state index in [1.54, 1.807) is 19.1 Å². The van der Waals surface area contributed by atoms with Crippen molar-refractivity contribution in [3.8, 4) is 0 Å². The van der Waals surface area contributed by atoms with Crippen LogP contribution >= 0.6 is 0 Å². The van der Waals surface area contributed by atoms with Gasteiger partial charge in [0, 0.05) is 5.56 Å². The number of aliphatic hydroxyl groups is 1. The minimum atomic E-state index is -0.396. The molecule has 0 saturated carbocycles. The van der Waals surface area contributed by atoms with Crippen molar-refractivity contribution in [3.63, 3.8) is 0 Å². The maximum atomic E-state index is 13.3. The average molecular weight is 253 g/mol. The largest absolute Gasteiger partial charge is 0.394 e. The first-order chi connectivity index (χ1) is 8.43. The van der Waals surface area contributed by atoms with Gasteiger partial charge in [-0.15, -0.1) is 0 Å². The molecule has 1 aromatic rings. The Kier molecular flexibility index (Phi) is 5.28. The molecule has 0 aliphatic heterocycles. The molecule has 1 atom stereocenters. The Balaban J connectivity index is 2.71. The summed E-state index contributed by atoms with van der Waals surface area (Å²) in [5, 5.41) is 11.9. The van der Waals surface area contributed by atoms with Crippen LogP contribution in [0.4, 0.5) is 4.39 Å². The summed E-state index contributed by atoms with van der Waals surface area (Å²) in [4.78, 5) is 11.9. The second kappa shape index (κ2) is 6.50. The number of nitrogens with one attached hydrogen (secondary N) is 1. The lowest BCUT2D eigenvalue weighted by atomic mass is 10.0. The van der Waals surface area contributed by atoms with E-state index >= 15 is 0 Å². The normalized spacial score (nSPS) is 12.6.